The predicted molar refractivity (Wildman–Crippen MR) is 73.6 cm³/mol. The van der Waals surface area contributed by atoms with Gasteiger partial charge in [-0.05, 0) is 39.3 Å². The lowest BCUT2D eigenvalue weighted by Crippen LogP contribution is -2.39. The molecule has 1 rings (SSSR count). The third-order valence-corrected chi connectivity index (χ3v) is 2.68. The second kappa shape index (κ2) is 6.47. The van der Waals surface area contributed by atoms with Crippen molar-refractivity contribution in [1.29, 1.82) is 0 Å². The molecular formula is C15H20F3NO2. The van der Waals surface area contributed by atoms with E-state index in [1.807, 2.05) is 0 Å². The van der Waals surface area contributed by atoms with E-state index in [1.165, 1.54) is 18.2 Å². The molecule has 0 spiro atoms. The number of alkyl halides is 3. The molecule has 0 saturated carbocycles. The zero-order valence-electron chi connectivity index (χ0n) is 12.5. The SMILES string of the molecule is CC(NCc1ccccc1C(F)(F)F)C(=O)OC(C)(C)C. The summed E-state index contributed by atoms with van der Waals surface area (Å²) in [5, 5.41) is 2.76. The fourth-order valence-electron chi connectivity index (χ4n) is 1.69. The fourth-order valence-corrected chi connectivity index (χ4v) is 1.69. The molecule has 1 unspecified atom stereocenters. The average Bonchev–Trinajstić information content (AvgIpc) is 2.33. The molecule has 118 valence electrons. The van der Waals surface area contributed by atoms with E-state index in [-0.39, 0.29) is 12.1 Å². The molecule has 1 atom stereocenters. The lowest BCUT2D eigenvalue weighted by atomic mass is 10.1. The van der Waals surface area contributed by atoms with E-state index in [1.54, 1.807) is 27.7 Å². The fraction of sp³-hybridized carbons (Fsp3) is 0.533. The first kappa shape index (κ1) is 17.5. The summed E-state index contributed by atoms with van der Waals surface area (Å²) in [5.41, 5.74) is -1.23. The van der Waals surface area contributed by atoms with Gasteiger partial charge in [-0.25, -0.2) is 0 Å². The first-order valence-corrected chi connectivity index (χ1v) is 6.62. The van der Waals surface area contributed by atoms with Crippen LogP contribution in [0.3, 0.4) is 0 Å². The van der Waals surface area contributed by atoms with E-state index in [9.17, 15) is 18.0 Å². The van der Waals surface area contributed by atoms with Crippen molar-refractivity contribution in [2.75, 3.05) is 0 Å². The highest BCUT2D eigenvalue weighted by Gasteiger charge is 2.33. The van der Waals surface area contributed by atoms with Gasteiger partial charge in [-0.2, -0.15) is 13.2 Å². The van der Waals surface area contributed by atoms with Crippen LogP contribution in [0.2, 0.25) is 0 Å². The monoisotopic (exact) mass is 303 g/mol. The molecule has 0 fully saturated rings. The van der Waals surface area contributed by atoms with Crippen molar-refractivity contribution in [3.63, 3.8) is 0 Å². The third kappa shape index (κ3) is 5.75. The van der Waals surface area contributed by atoms with Crippen LogP contribution in [-0.2, 0) is 22.3 Å². The number of carbonyl (C=O) groups excluding carboxylic acids is 1. The van der Waals surface area contributed by atoms with E-state index in [0.717, 1.165) is 6.07 Å². The minimum atomic E-state index is -4.41. The average molecular weight is 303 g/mol. The van der Waals surface area contributed by atoms with Crippen LogP contribution in [0.4, 0.5) is 13.2 Å². The maximum Gasteiger partial charge on any atom is 0.416 e. The number of halogens is 3. The Balaban J connectivity index is 2.70. The van der Waals surface area contributed by atoms with E-state index >= 15 is 0 Å². The van der Waals surface area contributed by atoms with Gasteiger partial charge < -0.3 is 10.1 Å². The van der Waals surface area contributed by atoms with Gasteiger partial charge in [-0.15, -0.1) is 0 Å². The summed E-state index contributed by atoms with van der Waals surface area (Å²) in [6, 6.07) is 4.59. The van der Waals surface area contributed by atoms with Crippen molar-refractivity contribution in [3.8, 4) is 0 Å². The van der Waals surface area contributed by atoms with Crippen LogP contribution in [-0.4, -0.2) is 17.6 Å². The Labute approximate surface area is 122 Å². The number of benzene rings is 1. The number of hydrogen-bond acceptors (Lipinski definition) is 3. The Morgan fingerprint density at radius 1 is 1.24 bits per heavy atom. The van der Waals surface area contributed by atoms with Gasteiger partial charge in [0.1, 0.15) is 11.6 Å². The molecule has 0 aliphatic heterocycles. The lowest BCUT2D eigenvalue weighted by Gasteiger charge is -2.23. The van der Waals surface area contributed by atoms with Gasteiger partial charge in [-0.1, -0.05) is 18.2 Å². The van der Waals surface area contributed by atoms with E-state index in [2.05, 4.69) is 5.32 Å². The second-order valence-electron chi connectivity index (χ2n) is 5.79. The zero-order valence-corrected chi connectivity index (χ0v) is 12.5. The van der Waals surface area contributed by atoms with Crippen molar-refractivity contribution in [1.82, 2.24) is 5.32 Å². The molecule has 1 N–H and O–H groups in total. The van der Waals surface area contributed by atoms with Gasteiger partial charge in [0.25, 0.3) is 0 Å². The van der Waals surface area contributed by atoms with Gasteiger partial charge in [-0.3, -0.25) is 4.79 Å². The highest BCUT2D eigenvalue weighted by Crippen LogP contribution is 2.31. The number of esters is 1. The van der Waals surface area contributed by atoms with Crippen LogP contribution < -0.4 is 5.32 Å². The molecule has 0 heterocycles. The molecule has 0 saturated heterocycles. The summed E-state index contributed by atoms with van der Waals surface area (Å²) in [6.45, 7) is 6.70. The Kier molecular flexibility index (Phi) is 5.39. The Morgan fingerprint density at radius 3 is 2.33 bits per heavy atom. The molecule has 0 aliphatic carbocycles. The third-order valence-electron chi connectivity index (χ3n) is 2.68. The number of hydrogen-bond donors (Lipinski definition) is 1. The number of nitrogens with one attached hydrogen (secondary N) is 1. The van der Waals surface area contributed by atoms with Crippen molar-refractivity contribution in [2.45, 2.75) is 52.1 Å². The molecule has 1 aromatic rings. The molecule has 3 nitrogen and oxygen atoms in total. The van der Waals surface area contributed by atoms with Gasteiger partial charge >= 0.3 is 12.1 Å². The molecule has 0 aromatic heterocycles. The smallest absolute Gasteiger partial charge is 0.416 e. The van der Waals surface area contributed by atoms with Gasteiger partial charge in [0.05, 0.1) is 5.56 Å². The van der Waals surface area contributed by atoms with Gasteiger partial charge in [0.2, 0.25) is 0 Å². The van der Waals surface area contributed by atoms with Crippen LogP contribution in [0.15, 0.2) is 24.3 Å². The topological polar surface area (TPSA) is 38.3 Å². The maximum atomic E-state index is 12.8. The zero-order chi connectivity index (χ0) is 16.3. The van der Waals surface area contributed by atoms with Crippen LogP contribution in [0.1, 0.15) is 38.8 Å². The molecule has 0 radical (unpaired) electrons. The quantitative estimate of drug-likeness (QED) is 0.865. The minimum absolute atomic E-state index is 0.0594. The standard InChI is InChI=1S/C15H20F3NO2/c1-10(13(20)21-14(2,3)4)19-9-11-7-5-6-8-12(11)15(16,17)18/h5-8,10,19H,9H2,1-4H3. The highest BCUT2D eigenvalue weighted by molar-refractivity contribution is 5.75. The summed E-state index contributed by atoms with van der Waals surface area (Å²) in [5.74, 6) is -0.494. The summed E-state index contributed by atoms with van der Waals surface area (Å²) in [6.07, 6.45) is -4.41. The van der Waals surface area contributed by atoms with Crippen molar-refractivity contribution >= 4 is 5.97 Å². The number of carbonyl (C=O) groups is 1. The van der Waals surface area contributed by atoms with Crippen molar-refractivity contribution in [3.05, 3.63) is 35.4 Å². The van der Waals surface area contributed by atoms with E-state index in [4.69, 9.17) is 4.74 Å². The largest absolute Gasteiger partial charge is 0.459 e. The highest BCUT2D eigenvalue weighted by atomic mass is 19.4. The number of ether oxygens (including phenoxy) is 1. The molecule has 21 heavy (non-hydrogen) atoms. The summed E-state index contributed by atoms with van der Waals surface area (Å²) < 4.78 is 43.7. The van der Waals surface area contributed by atoms with Gasteiger partial charge in [0.15, 0.2) is 0 Å². The van der Waals surface area contributed by atoms with Gasteiger partial charge in [0, 0.05) is 6.54 Å². The summed E-state index contributed by atoms with van der Waals surface area (Å²) in [4.78, 5) is 11.8. The molecule has 6 heteroatoms. The molecule has 1 aromatic carbocycles. The summed E-state index contributed by atoms with van der Waals surface area (Å²) in [7, 11) is 0. The molecule has 0 amide bonds. The Bertz CT molecular complexity index is 492. The first-order chi connectivity index (χ1) is 9.50. The summed E-state index contributed by atoms with van der Waals surface area (Å²) >= 11 is 0. The maximum absolute atomic E-state index is 12.8. The predicted octanol–water partition coefficient (Wildman–Crippen LogP) is 3.53. The van der Waals surface area contributed by atoms with Crippen molar-refractivity contribution in [2.24, 2.45) is 0 Å². The van der Waals surface area contributed by atoms with Crippen LogP contribution in [0.5, 0.6) is 0 Å². The minimum Gasteiger partial charge on any atom is -0.459 e. The molecule has 0 aliphatic rings. The Hall–Kier alpha value is -1.56. The van der Waals surface area contributed by atoms with Crippen LogP contribution >= 0.6 is 0 Å². The van der Waals surface area contributed by atoms with Crippen LogP contribution in [0, 0.1) is 0 Å². The number of rotatable bonds is 4. The lowest BCUT2D eigenvalue weighted by molar-refractivity contribution is -0.157. The molecule has 0 bridgehead atoms. The molecular weight excluding hydrogens is 283 g/mol. The Morgan fingerprint density at radius 2 is 1.81 bits per heavy atom. The van der Waals surface area contributed by atoms with Crippen molar-refractivity contribution < 1.29 is 22.7 Å². The normalized spacial score (nSPS) is 13.9. The van der Waals surface area contributed by atoms with E-state index in [0.29, 0.717) is 0 Å². The second-order valence-corrected chi connectivity index (χ2v) is 5.79. The van der Waals surface area contributed by atoms with E-state index < -0.39 is 29.4 Å². The first-order valence-electron chi connectivity index (χ1n) is 6.62. The van der Waals surface area contributed by atoms with Crippen LogP contribution in [0.25, 0.3) is 0 Å².